The average molecular weight is 304 g/mol. The second-order valence-electron chi connectivity index (χ2n) is 3.00. The van der Waals surface area contributed by atoms with Gasteiger partial charge in [0.15, 0.2) is 5.78 Å². The Morgan fingerprint density at radius 3 is 2.75 bits per heavy atom. The van der Waals surface area contributed by atoms with Gasteiger partial charge in [-0.2, -0.15) is 0 Å². The number of halogens is 1. The molecule has 0 aliphatic rings. The van der Waals surface area contributed by atoms with Gasteiger partial charge in [0.25, 0.3) is 5.69 Å². The predicted molar refractivity (Wildman–Crippen MR) is 67.6 cm³/mol. The number of Topliss-reactive ketones (excluding diaryl/α,β-unsaturated/α-hetero) is 1. The van der Waals surface area contributed by atoms with Crippen LogP contribution in [0.3, 0.4) is 0 Å². The number of nitro benzene ring substituents is 1. The van der Waals surface area contributed by atoms with Crippen LogP contribution in [0.2, 0.25) is 0 Å². The highest BCUT2D eigenvalue weighted by Crippen LogP contribution is 2.26. The van der Waals surface area contributed by atoms with Crippen LogP contribution < -0.4 is 0 Å². The van der Waals surface area contributed by atoms with Crippen molar-refractivity contribution in [3.8, 4) is 0 Å². The van der Waals surface area contributed by atoms with Gasteiger partial charge >= 0.3 is 0 Å². The molecule has 0 atom stereocenters. The zero-order chi connectivity index (χ0) is 12.1. The van der Waals surface area contributed by atoms with E-state index in [2.05, 4.69) is 15.9 Å². The van der Waals surface area contributed by atoms with Crippen molar-refractivity contribution in [2.75, 3.05) is 11.6 Å². The molecule has 0 aliphatic heterocycles. The summed E-state index contributed by atoms with van der Waals surface area (Å²) in [5.74, 6) is -0.00359. The summed E-state index contributed by atoms with van der Waals surface area (Å²) in [4.78, 5) is 22.5. The van der Waals surface area contributed by atoms with E-state index in [0.717, 1.165) is 0 Å². The number of rotatable bonds is 5. The number of alkyl halides is 1. The number of benzene rings is 1. The molecule has 0 saturated heterocycles. The molecule has 0 unspecified atom stereocenters. The SMILES string of the molecule is CSc1cc([N+](=O)[O-])ccc1C(=O)CCBr. The second-order valence-corrected chi connectivity index (χ2v) is 4.64. The number of hydrogen-bond acceptors (Lipinski definition) is 4. The average Bonchev–Trinajstić information content (AvgIpc) is 2.28. The highest BCUT2D eigenvalue weighted by atomic mass is 79.9. The van der Waals surface area contributed by atoms with Crippen molar-refractivity contribution in [3.63, 3.8) is 0 Å². The third-order valence-electron chi connectivity index (χ3n) is 2.02. The fourth-order valence-corrected chi connectivity index (χ4v) is 2.24. The smallest absolute Gasteiger partial charge is 0.270 e. The van der Waals surface area contributed by atoms with Crippen molar-refractivity contribution in [2.45, 2.75) is 11.3 Å². The molecule has 1 rings (SSSR count). The van der Waals surface area contributed by atoms with Gasteiger partial charge in [0.2, 0.25) is 0 Å². The molecule has 0 amide bonds. The quantitative estimate of drug-likeness (QED) is 0.275. The van der Waals surface area contributed by atoms with E-state index in [1.54, 1.807) is 6.26 Å². The van der Waals surface area contributed by atoms with Crippen LogP contribution in [-0.2, 0) is 0 Å². The number of hydrogen-bond donors (Lipinski definition) is 0. The van der Waals surface area contributed by atoms with Crippen molar-refractivity contribution in [2.24, 2.45) is 0 Å². The van der Waals surface area contributed by atoms with Crippen molar-refractivity contribution in [1.29, 1.82) is 0 Å². The summed E-state index contributed by atoms with van der Waals surface area (Å²) in [7, 11) is 0. The third-order valence-corrected chi connectivity index (χ3v) is 3.19. The lowest BCUT2D eigenvalue weighted by Crippen LogP contribution is -2.02. The van der Waals surface area contributed by atoms with E-state index in [1.165, 1.54) is 30.0 Å². The van der Waals surface area contributed by atoms with Gasteiger partial charge in [0.05, 0.1) is 4.92 Å². The van der Waals surface area contributed by atoms with E-state index in [9.17, 15) is 14.9 Å². The van der Waals surface area contributed by atoms with Crippen LogP contribution in [0.5, 0.6) is 0 Å². The van der Waals surface area contributed by atoms with Gasteiger partial charge in [0.1, 0.15) is 0 Å². The number of carbonyl (C=O) groups is 1. The Morgan fingerprint density at radius 2 is 2.25 bits per heavy atom. The number of carbonyl (C=O) groups excluding carboxylic acids is 1. The van der Waals surface area contributed by atoms with Gasteiger partial charge in [-0.3, -0.25) is 14.9 Å². The number of ketones is 1. The standard InChI is InChI=1S/C10H10BrNO3S/c1-16-10-6-7(12(14)15)2-3-8(10)9(13)4-5-11/h2-3,6H,4-5H2,1H3. The Hall–Kier alpha value is -0.880. The molecule has 0 saturated carbocycles. The molecule has 1 aromatic rings. The topological polar surface area (TPSA) is 60.2 Å². The normalized spacial score (nSPS) is 10.1. The molecular formula is C10H10BrNO3S. The minimum atomic E-state index is -0.460. The van der Waals surface area contributed by atoms with E-state index in [4.69, 9.17) is 0 Å². The molecule has 6 heteroatoms. The van der Waals surface area contributed by atoms with Crippen molar-refractivity contribution in [1.82, 2.24) is 0 Å². The summed E-state index contributed by atoms with van der Waals surface area (Å²) >= 11 is 4.54. The Morgan fingerprint density at radius 1 is 1.56 bits per heavy atom. The van der Waals surface area contributed by atoms with Crippen LogP contribution >= 0.6 is 27.7 Å². The fraction of sp³-hybridized carbons (Fsp3) is 0.300. The number of non-ortho nitro benzene ring substituents is 1. The summed E-state index contributed by atoms with van der Waals surface area (Å²) in [6, 6.07) is 4.32. The van der Waals surface area contributed by atoms with E-state index < -0.39 is 4.92 Å². The maximum Gasteiger partial charge on any atom is 0.270 e. The van der Waals surface area contributed by atoms with Crippen LogP contribution in [0.15, 0.2) is 23.1 Å². The van der Waals surface area contributed by atoms with Gasteiger partial charge in [-0.25, -0.2) is 0 Å². The van der Waals surface area contributed by atoms with Gasteiger partial charge in [0, 0.05) is 34.3 Å². The monoisotopic (exact) mass is 303 g/mol. The molecule has 0 radical (unpaired) electrons. The first-order chi connectivity index (χ1) is 7.60. The summed E-state index contributed by atoms with van der Waals surface area (Å²) < 4.78 is 0. The fourth-order valence-electron chi connectivity index (χ4n) is 1.24. The van der Waals surface area contributed by atoms with Gasteiger partial charge < -0.3 is 0 Å². The zero-order valence-electron chi connectivity index (χ0n) is 8.60. The van der Waals surface area contributed by atoms with Crippen molar-refractivity contribution >= 4 is 39.2 Å². The summed E-state index contributed by atoms with van der Waals surface area (Å²) in [6.45, 7) is 0. The Bertz CT molecular complexity index is 423. The highest BCUT2D eigenvalue weighted by molar-refractivity contribution is 9.09. The predicted octanol–water partition coefficient (Wildman–Crippen LogP) is 3.28. The van der Waals surface area contributed by atoms with Crippen LogP contribution in [-0.4, -0.2) is 22.3 Å². The first-order valence-electron chi connectivity index (χ1n) is 4.51. The van der Waals surface area contributed by atoms with Crippen LogP contribution in [0.25, 0.3) is 0 Å². The van der Waals surface area contributed by atoms with Crippen LogP contribution in [0, 0.1) is 10.1 Å². The Balaban J connectivity index is 3.11. The van der Waals surface area contributed by atoms with Gasteiger partial charge in [-0.15, -0.1) is 11.8 Å². The summed E-state index contributed by atoms with van der Waals surface area (Å²) in [5.41, 5.74) is 0.567. The first-order valence-corrected chi connectivity index (χ1v) is 6.86. The maximum atomic E-state index is 11.7. The molecule has 0 spiro atoms. The lowest BCUT2D eigenvalue weighted by atomic mass is 10.1. The Labute approximate surface area is 106 Å². The lowest BCUT2D eigenvalue weighted by Gasteiger charge is -2.05. The first kappa shape index (κ1) is 13.2. The molecule has 86 valence electrons. The molecule has 1 aromatic carbocycles. The molecular weight excluding hydrogens is 294 g/mol. The van der Waals surface area contributed by atoms with Crippen molar-refractivity contribution < 1.29 is 9.72 Å². The minimum Gasteiger partial charge on any atom is -0.294 e. The molecule has 0 aromatic heterocycles. The molecule has 0 bridgehead atoms. The van der Waals surface area contributed by atoms with E-state index >= 15 is 0 Å². The van der Waals surface area contributed by atoms with Gasteiger partial charge in [-0.05, 0) is 12.3 Å². The minimum absolute atomic E-state index is 0.00359. The summed E-state index contributed by atoms with van der Waals surface area (Å²) in [5, 5.41) is 11.2. The lowest BCUT2D eigenvalue weighted by molar-refractivity contribution is -0.385. The largest absolute Gasteiger partial charge is 0.294 e. The third kappa shape index (κ3) is 3.05. The van der Waals surface area contributed by atoms with E-state index in [1.807, 2.05) is 0 Å². The van der Waals surface area contributed by atoms with Crippen LogP contribution in [0.1, 0.15) is 16.8 Å². The van der Waals surface area contributed by atoms with E-state index in [0.29, 0.717) is 22.2 Å². The zero-order valence-corrected chi connectivity index (χ0v) is 11.0. The van der Waals surface area contributed by atoms with E-state index in [-0.39, 0.29) is 11.5 Å². The Kier molecular flexibility index (Phi) is 4.95. The number of nitro groups is 1. The molecule has 0 heterocycles. The number of nitrogens with zero attached hydrogens (tertiary/aromatic N) is 1. The van der Waals surface area contributed by atoms with Crippen molar-refractivity contribution in [3.05, 3.63) is 33.9 Å². The maximum absolute atomic E-state index is 11.7. The molecule has 16 heavy (non-hydrogen) atoms. The molecule has 0 fully saturated rings. The molecule has 4 nitrogen and oxygen atoms in total. The van der Waals surface area contributed by atoms with Gasteiger partial charge in [-0.1, -0.05) is 15.9 Å². The second kappa shape index (κ2) is 6.00. The molecule has 0 aliphatic carbocycles. The highest BCUT2D eigenvalue weighted by Gasteiger charge is 2.14. The van der Waals surface area contributed by atoms with Crippen LogP contribution in [0.4, 0.5) is 5.69 Å². The number of thioether (sulfide) groups is 1. The molecule has 0 N–H and O–H groups in total. The summed E-state index contributed by atoms with van der Waals surface area (Å²) in [6.07, 6.45) is 2.19.